The van der Waals surface area contributed by atoms with Gasteiger partial charge in [0.2, 0.25) is 5.89 Å². The fourth-order valence-corrected chi connectivity index (χ4v) is 3.34. The molecule has 2 aromatic rings. The van der Waals surface area contributed by atoms with Crippen molar-refractivity contribution in [1.82, 2.24) is 24.8 Å². The molecule has 3 rings (SSSR count). The molecule has 2 aromatic heterocycles. The van der Waals surface area contributed by atoms with E-state index in [2.05, 4.69) is 15.2 Å². The summed E-state index contributed by atoms with van der Waals surface area (Å²) < 4.78 is 7.20. The highest BCUT2D eigenvalue weighted by atomic mass is 16.5. The summed E-state index contributed by atoms with van der Waals surface area (Å²) in [5.41, 5.74) is 2.40. The minimum absolute atomic E-state index is 0.0141. The smallest absolute Gasteiger partial charge is 0.258 e. The van der Waals surface area contributed by atoms with Gasteiger partial charge in [-0.1, -0.05) is 5.16 Å². The normalized spacial score (nSPS) is 18.4. The van der Waals surface area contributed by atoms with Crippen LogP contribution < -0.4 is 0 Å². The number of piperidine rings is 1. The Morgan fingerprint density at radius 1 is 1.30 bits per heavy atom. The van der Waals surface area contributed by atoms with Crippen LogP contribution in [0.15, 0.2) is 4.52 Å². The van der Waals surface area contributed by atoms with Crippen LogP contribution in [0, 0.1) is 20.8 Å². The Balaban J connectivity index is 1.94. The maximum absolute atomic E-state index is 13.1. The van der Waals surface area contributed by atoms with Crippen molar-refractivity contribution in [3.05, 3.63) is 28.7 Å². The van der Waals surface area contributed by atoms with E-state index in [9.17, 15) is 4.79 Å². The molecule has 1 aliphatic heterocycles. The summed E-state index contributed by atoms with van der Waals surface area (Å²) in [6.45, 7) is 9.13. The van der Waals surface area contributed by atoms with E-state index in [1.54, 1.807) is 6.92 Å². The number of carbonyl (C=O) groups is 1. The van der Waals surface area contributed by atoms with Gasteiger partial charge in [0.25, 0.3) is 5.91 Å². The van der Waals surface area contributed by atoms with E-state index in [0.29, 0.717) is 23.8 Å². The molecule has 0 aliphatic carbocycles. The van der Waals surface area contributed by atoms with Gasteiger partial charge in [-0.15, -0.1) is 0 Å². The fourth-order valence-electron chi connectivity index (χ4n) is 3.34. The van der Waals surface area contributed by atoms with E-state index >= 15 is 0 Å². The highest BCUT2D eigenvalue weighted by molar-refractivity contribution is 5.96. The number of nitrogens with zero attached hydrogens (tertiary/aromatic N) is 5. The van der Waals surface area contributed by atoms with Crippen LogP contribution in [0.2, 0.25) is 0 Å². The van der Waals surface area contributed by atoms with E-state index in [1.807, 2.05) is 30.4 Å². The topological polar surface area (TPSA) is 77.1 Å². The molecule has 0 spiro atoms. The second-order valence-corrected chi connectivity index (χ2v) is 6.05. The van der Waals surface area contributed by atoms with Crippen LogP contribution in [0.25, 0.3) is 0 Å². The standard InChI is InChI=1S/C16H23N5O2/c1-5-21-11(3)14(10(2)18-21)16(22)20-9-7-6-8-13(20)15-17-12(4)19-23-15/h13H,5-9H2,1-4H3/t13-/m1/s1. The number of carbonyl (C=O) groups excluding carboxylic acids is 1. The lowest BCUT2D eigenvalue weighted by Gasteiger charge is -2.33. The zero-order valence-corrected chi connectivity index (χ0v) is 14.2. The summed E-state index contributed by atoms with van der Waals surface area (Å²) in [7, 11) is 0. The average Bonchev–Trinajstić information content (AvgIpc) is 3.10. The van der Waals surface area contributed by atoms with Gasteiger partial charge in [-0.05, 0) is 47.0 Å². The van der Waals surface area contributed by atoms with Crippen molar-refractivity contribution < 1.29 is 9.32 Å². The average molecular weight is 317 g/mol. The molecule has 1 saturated heterocycles. The zero-order valence-electron chi connectivity index (χ0n) is 14.2. The lowest BCUT2D eigenvalue weighted by Crippen LogP contribution is -2.39. The van der Waals surface area contributed by atoms with Crippen LogP contribution in [-0.2, 0) is 6.54 Å². The zero-order chi connectivity index (χ0) is 16.6. The van der Waals surface area contributed by atoms with Gasteiger partial charge < -0.3 is 9.42 Å². The Hall–Kier alpha value is -2.18. The minimum Gasteiger partial charge on any atom is -0.337 e. The van der Waals surface area contributed by atoms with Gasteiger partial charge in [0, 0.05) is 18.8 Å². The van der Waals surface area contributed by atoms with Crippen molar-refractivity contribution in [3.8, 4) is 0 Å². The largest absolute Gasteiger partial charge is 0.337 e. The third-order valence-corrected chi connectivity index (χ3v) is 4.49. The van der Waals surface area contributed by atoms with Crippen LogP contribution >= 0.6 is 0 Å². The highest BCUT2D eigenvalue weighted by Crippen LogP contribution is 2.32. The van der Waals surface area contributed by atoms with E-state index in [4.69, 9.17) is 4.52 Å². The van der Waals surface area contributed by atoms with Crippen LogP contribution in [0.1, 0.15) is 65.7 Å². The molecule has 0 bridgehead atoms. The number of hydrogen-bond acceptors (Lipinski definition) is 5. The Morgan fingerprint density at radius 2 is 2.09 bits per heavy atom. The first-order valence-corrected chi connectivity index (χ1v) is 8.18. The first-order valence-electron chi connectivity index (χ1n) is 8.18. The molecule has 0 N–H and O–H groups in total. The quantitative estimate of drug-likeness (QED) is 0.869. The molecule has 0 aromatic carbocycles. The Bertz CT molecular complexity index is 718. The molecule has 1 aliphatic rings. The third-order valence-electron chi connectivity index (χ3n) is 4.49. The summed E-state index contributed by atoms with van der Waals surface area (Å²) in [5.74, 6) is 1.15. The summed E-state index contributed by atoms with van der Waals surface area (Å²) in [5, 5.41) is 8.33. The predicted octanol–water partition coefficient (Wildman–Crippen LogP) is 2.58. The monoisotopic (exact) mass is 317 g/mol. The first kappa shape index (κ1) is 15.7. The Morgan fingerprint density at radius 3 is 2.70 bits per heavy atom. The number of hydrogen-bond donors (Lipinski definition) is 0. The lowest BCUT2D eigenvalue weighted by molar-refractivity contribution is 0.0559. The van der Waals surface area contributed by atoms with E-state index < -0.39 is 0 Å². The first-order chi connectivity index (χ1) is 11.0. The maximum Gasteiger partial charge on any atom is 0.258 e. The summed E-state index contributed by atoms with van der Waals surface area (Å²) >= 11 is 0. The SMILES string of the molecule is CCn1nc(C)c(C(=O)N2CCCC[C@@H]2c2nc(C)no2)c1C. The van der Waals surface area contributed by atoms with Gasteiger partial charge in [-0.25, -0.2) is 0 Å². The number of likely N-dealkylation sites (tertiary alicyclic amines) is 1. The van der Waals surface area contributed by atoms with Gasteiger partial charge in [-0.2, -0.15) is 10.1 Å². The van der Waals surface area contributed by atoms with E-state index in [0.717, 1.165) is 37.2 Å². The molecule has 0 radical (unpaired) electrons. The van der Waals surface area contributed by atoms with Crippen LogP contribution in [-0.4, -0.2) is 37.3 Å². The van der Waals surface area contributed by atoms with Crippen molar-refractivity contribution >= 4 is 5.91 Å². The molecule has 1 amide bonds. The highest BCUT2D eigenvalue weighted by Gasteiger charge is 2.34. The fraction of sp³-hybridized carbons (Fsp3) is 0.625. The molecule has 1 fully saturated rings. The van der Waals surface area contributed by atoms with Crippen molar-refractivity contribution in [3.63, 3.8) is 0 Å². The molecule has 1 atom stereocenters. The van der Waals surface area contributed by atoms with Gasteiger partial charge in [-0.3, -0.25) is 9.48 Å². The Labute approximate surface area is 135 Å². The van der Waals surface area contributed by atoms with Gasteiger partial charge in [0.05, 0.1) is 11.3 Å². The summed E-state index contributed by atoms with van der Waals surface area (Å²) in [4.78, 5) is 19.3. The predicted molar refractivity (Wildman–Crippen MR) is 84.0 cm³/mol. The van der Waals surface area contributed by atoms with Crippen LogP contribution in [0.3, 0.4) is 0 Å². The molecule has 23 heavy (non-hydrogen) atoms. The van der Waals surface area contributed by atoms with Gasteiger partial charge >= 0.3 is 0 Å². The summed E-state index contributed by atoms with van der Waals surface area (Å²) in [6, 6.07) is -0.138. The molecule has 0 unspecified atom stereocenters. The molecular weight excluding hydrogens is 294 g/mol. The van der Waals surface area contributed by atoms with Crippen LogP contribution in [0.4, 0.5) is 0 Å². The van der Waals surface area contributed by atoms with Crippen molar-refractivity contribution in [1.29, 1.82) is 0 Å². The molecule has 7 nitrogen and oxygen atoms in total. The molecule has 0 saturated carbocycles. The number of rotatable bonds is 3. The molecular formula is C16H23N5O2. The lowest BCUT2D eigenvalue weighted by atomic mass is 10.00. The van der Waals surface area contributed by atoms with E-state index in [-0.39, 0.29) is 11.9 Å². The van der Waals surface area contributed by atoms with Crippen molar-refractivity contribution in [2.75, 3.05) is 6.54 Å². The number of aromatic nitrogens is 4. The van der Waals surface area contributed by atoms with Crippen molar-refractivity contribution in [2.45, 2.75) is 59.5 Å². The van der Waals surface area contributed by atoms with Gasteiger partial charge in [0.1, 0.15) is 6.04 Å². The number of aryl methyl sites for hydroxylation is 3. The Kier molecular flexibility index (Phi) is 4.19. The maximum atomic E-state index is 13.1. The second kappa shape index (κ2) is 6.14. The van der Waals surface area contributed by atoms with Gasteiger partial charge in [0.15, 0.2) is 5.82 Å². The third kappa shape index (κ3) is 2.75. The van der Waals surface area contributed by atoms with Crippen LogP contribution in [0.5, 0.6) is 0 Å². The minimum atomic E-state index is -0.138. The molecule has 3 heterocycles. The molecule has 124 valence electrons. The number of amides is 1. The summed E-state index contributed by atoms with van der Waals surface area (Å²) in [6.07, 6.45) is 2.91. The second-order valence-electron chi connectivity index (χ2n) is 6.05. The van der Waals surface area contributed by atoms with Crippen molar-refractivity contribution in [2.24, 2.45) is 0 Å². The van der Waals surface area contributed by atoms with E-state index in [1.165, 1.54) is 0 Å². The molecule has 7 heteroatoms.